The lowest BCUT2D eigenvalue weighted by Crippen LogP contribution is -2.19. The van der Waals surface area contributed by atoms with Gasteiger partial charge in [0.05, 0.1) is 10.7 Å². The van der Waals surface area contributed by atoms with Crippen LogP contribution in [0, 0.1) is 6.92 Å². The number of carbonyl (C=O) groups excluding carboxylic acids is 1. The van der Waals surface area contributed by atoms with Crippen molar-refractivity contribution >= 4 is 40.6 Å². The molecule has 2 amide bonds. The van der Waals surface area contributed by atoms with E-state index in [4.69, 9.17) is 27.9 Å². The van der Waals surface area contributed by atoms with Crippen LogP contribution in [0.4, 0.5) is 16.2 Å². The molecule has 0 aliphatic rings. The maximum atomic E-state index is 12.2. The van der Waals surface area contributed by atoms with Crippen LogP contribution in [0.3, 0.4) is 0 Å². The second kappa shape index (κ2) is 8.20. The van der Waals surface area contributed by atoms with E-state index in [2.05, 4.69) is 10.6 Å². The number of nitrogens with one attached hydrogen (secondary N) is 2. The lowest BCUT2D eigenvalue weighted by Gasteiger charge is -2.12. The molecule has 3 rings (SSSR count). The van der Waals surface area contributed by atoms with E-state index in [1.165, 1.54) is 6.07 Å². The number of hydrogen-bond donors (Lipinski definition) is 3. The van der Waals surface area contributed by atoms with Crippen LogP contribution in [0.2, 0.25) is 10.0 Å². The summed E-state index contributed by atoms with van der Waals surface area (Å²) in [6.45, 7) is 1.67. The van der Waals surface area contributed by atoms with Crippen LogP contribution in [0.15, 0.2) is 60.7 Å². The SMILES string of the molecule is Cc1c(Cl)cc(NC(=O)Nc2ccc(Oc3ccccc3)cc2)c(O)c1Cl. The van der Waals surface area contributed by atoms with Crippen LogP contribution in [0.1, 0.15) is 5.56 Å². The van der Waals surface area contributed by atoms with Crippen LogP contribution in [0.25, 0.3) is 0 Å². The van der Waals surface area contributed by atoms with Gasteiger partial charge in [-0.3, -0.25) is 0 Å². The summed E-state index contributed by atoms with van der Waals surface area (Å²) in [7, 11) is 0. The molecule has 0 heterocycles. The van der Waals surface area contributed by atoms with Gasteiger partial charge in [-0.15, -0.1) is 0 Å². The molecule has 0 fully saturated rings. The van der Waals surface area contributed by atoms with Crippen molar-refractivity contribution in [3.63, 3.8) is 0 Å². The van der Waals surface area contributed by atoms with Gasteiger partial charge < -0.3 is 20.5 Å². The van der Waals surface area contributed by atoms with E-state index >= 15 is 0 Å². The van der Waals surface area contributed by atoms with Gasteiger partial charge in [0.25, 0.3) is 0 Å². The highest BCUT2D eigenvalue weighted by molar-refractivity contribution is 6.37. The second-order valence-electron chi connectivity index (χ2n) is 5.71. The van der Waals surface area contributed by atoms with Crippen molar-refractivity contribution in [3.05, 3.63) is 76.3 Å². The molecule has 0 saturated heterocycles. The fourth-order valence-electron chi connectivity index (χ4n) is 2.31. The minimum atomic E-state index is -0.544. The van der Waals surface area contributed by atoms with Crippen LogP contribution < -0.4 is 15.4 Å². The van der Waals surface area contributed by atoms with Crippen molar-refractivity contribution in [2.24, 2.45) is 0 Å². The minimum absolute atomic E-state index is 0.0974. The Morgan fingerprint density at radius 3 is 2.26 bits per heavy atom. The van der Waals surface area contributed by atoms with Crippen molar-refractivity contribution in [3.8, 4) is 17.2 Å². The Morgan fingerprint density at radius 1 is 0.963 bits per heavy atom. The number of ether oxygens (including phenoxy) is 1. The summed E-state index contributed by atoms with van der Waals surface area (Å²) < 4.78 is 5.70. The number of anilines is 2. The number of phenolic OH excluding ortho intramolecular Hbond substituents is 1. The lowest BCUT2D eigenvalue weighted by molar-refractivity contribution is 0.262. The fourth-order valence-corrected chi connectivity index (χ4v) is 2.77. The Morgan fingerprint density at radius 2 is 1.59 bits per heavy atom. The Balaban J connectivity index is 1.65. The zero-order valence-corrected chi connectivity index (χ0v) is 15.8. The summed E-state index contributed by atoms with van der Waals surface area (Å²) in [5, 5.41) is 15.7. The molecular weight excluding hydrogens is 387 g/mol. The average Bonchev–Trinajstić information content (AvgIpc) is 2.67. The van der Waals surface area contributed by atoms with E-state index in [0.717, 1.165) is 5.75 Å². The topological polar surface area (TPSA) is 70.6 Å². The third-order valence-electron chi connectivity index (χ3n) is 3.76. The number of hydrogen-bond acceptors (Lipinski definition) is 3. The molecule has 5 nitrogen and oxygen atoms in total. The summed E-state index contributed by atoms with van der Waals surface area (Å²) in [5.74, 6) is 1.13. The zero-order chi connectivity index (χ0) is 19.4. The van der Waals surface area contributed by atoms with Gasteiger partial charge in [0.1, 0.15) is 11.5 Å². The number of urea groups is 1. The minimum Gasteiger partial charge on any atom is -0.504 e. The smallest absolute Gasteiger partial charge is 0.323 e. The molecule has 0 bridgehead atoms. The first kappa shape index (κ1) is 18.9. The third-order valence-corrected chi connectivity index (χ3v) is 4.62. The van der Waals surface area contributed by atoms with Crippen molar-refractivity contribution in [1.29, 1.82) is 0 Å². The monoisotopic (exact) mass is 402 g/mol. The molecule has 138 valence electrons. The number of para-hydroxylation sites is 1. The number of benzene rings is 3. The molecule has 7 heteroatoms. The number of rotatable bonds is 4. The first-order valence-electron chi connectivity index (χ1n) is 8.02. The third kappa shape index (κ3) is 4.64. The number of aromatic hydroxyl groups is 1. The molecule has 0 spiro atoms. The van der Waals surface area contributed by atoms with Crippen LogP contribution in [-0.2, 0) is 0 Å². The zero-order valence-electron chi connectivity index (χ0n) is 14.3. The summed E-state index contributed by atoms with van der Waals surface area (Å²) in [5.41, 5.74) is 1.21. The molecule has 0 aliphatic heterocycles. The highest BCUT2D eigenvalue weighted by Gasteiger charge is 2.14. The predicted octanol–water partition coefficient (Wildman–Crippen LogP) is 6.44. The molecule has 27 heavy (non-hydrogen) atoms. The van der Waals surface area contributed by atoms with Gasteiger partial charge in [0.15, 0.2) is 5.75 Å². The number of amides is 2. The van der Waals surface area contributed by atoms with E-state index in [0.29, 0.717) is 22.0 Å². The molecule has 0 atom stereocenters. The molecule has 0 radical (unpaired) electrons. The number of carbonyl (C=O) groups is 1. The highest BCUT2D eigenvalue weighted by Crippen LogP contribution is 2.38. The van der Waals surface area contributed by atoms with E-state index in [-0.39, 0.29) is 16.5 Å². The summed E-state index contributed by atoms with van der Waals surface area (Å²) >= 11 is 12.0. The molecular formula is C20H16Cl2N2O3. The second-order valence-corrected chi connectivity index (χ2v) is 6.50. The lowest BCUT2D eigenvalue weighted by atomic mass is 10.2. The Kier molecular flexibility index (Phi) is 5.74. The predicted molar refractivity (Wildman–Crippen MR) is 108 cm³/mol. The van der Waals surface area contributed by atoms with Gasteiger partial charge in [-0.2, -0.15) is 0 Å². The summed E-state index contributed by atoms with van der Waals surface area (Å²) in [4.78, 5) is 12.2. The maximum absolute atomic E-state index is 12.2. The maximum Gasteiger partial charge on any atom is 0.323 e. The first-order chi connectivity index (χ1) is 12.9. The van der Waals surface area contributed by atoms with Crippen molar-refractivity contribution < 1.29 is 14.6 Å². The van der Waals surface area contributed by atoms with Gasteiger partial charge in [-0.05, 0) is 55.0 Å². The van der Waals surface area contributed by atoms with Crippen LogP contribution in [-0.4, -0.2) is 11.1 Å². The van der Waals surface area contributed by atoms with Crippen LogP contribution in [0.5, 0.6) is 17.2 Å². The average molecular weight is 403 g/mol. The van der Waals surface area contributed by atoms with Crippen molar-refractivity contribution in [2.45, 2.75) is 6.92 Å². The normalized spacial score (nSPS) is 10.3. The summed E-state index contributed by atoms with van der Waals surface area (Å²) in [6.07, 6.45) is 0. The van der Waals surface area contributed by atoms with E-state index in [9.17, 15) is 9.90 Å². The molecule has 3 aromatic rings. The number of halogens is 2. The Bertz CT molecular complexity index is 961. The molecule has 0 aromatic heterocycles. The van der Waals surface area contributed by atoms with E-state index in [1.807, 2.05) is 30.3 Å². The van der Waals surface area contributed by atoms with E-state index < -0.39 is 6.03 Å². The quantitative estimate of drug-likeness (QED) is 0.439. The largest absolute Gasteiger partial charge is 0.504 e. The molecule has 3 aromatic carbocycles. The molecule has 0 saturated carbocycles. The number of phenols is 1. The van der Waals surface area contributed by atoms with Gasteiger partial charge >= 0.3 is 6.03 Å². The van der Waals surface area contributed by atoms with Crippen LogP contribution >= 0.6 is 23.2 Å². The van der Waals surface area contributed by atoms with Gasteiger partial charge in [0.2, 0.25) is 0 Å². The highest BCUT2D eigenvalue weighted by atomic mass is 35.5. The van der Waals surface area contributed by atoms with Gasteiger partial charge in [-0.1, -0.05) is 41.4 Å². The van der Waals surface area contributed by atoms with Gasteiger partial charge in [0, 0.05) is 10.7 Å². The first-order valence-corrected chi connectivity index (χ1v) is 8.78. The van der Waals surface area contributed by atoms with Crippen molar-refractivity contribution in [2.75, 3.05) is 10.6 Å². The molecule has 0 unspecified atom stereocenters. The molecule has 0 aliphatic carbocycles. The van der Waals surface area contributed by atoms with E-state index in [1.54, 1.807) is 31.2 Å². The Labute approximate surface area is 166 Å². The fraction of sp³-hybridized carbons (Fsp3) is 0.0500. The van der Waals surface area contributed by atoms with Gasteiger partial charge in [-0.25, -0.2) is 4.79 Å². The standard InChI is InChI=1S/C20H16Cl2N2O3/c1-12-16(21)11-17(19(25)18(12)22)24-20(26)23-13-7-9-15(10-8-13)27-14-5-3-2-4-6-14/h2-11,25H,1H3,(H2,23,24,26). The Hall–Kier alpha value is -2.89. The van der Waals surface area contributed by atoms with Crippen molar-refractivity contribution in [1.82, 2.24) is 0 Å². The molecule has 3 N–H and O–H groups in total. The summed E-state index contributed by atoms with van der Waals surface area (Å²) in [6, 6.07) is 17.1.